The number of aromatic nitrogens is 1. The minimum absolute atomic E-state index is 0.0128. The molecule has 0 radical (unpaired) electrons. The van der Waals surface area contributed by atoms with Crippen molar-refractivity contribution in [1.82, 2.24) is 9.88 Å². The van der Waals surface area contributed by atoms with E-state index in [2.05, 4.69) is 49.1 Å². The van der Waals surface area contributed by atoms with Gasteiger partial charge in [0.25, 0.3) is 0 Å². The third kappa shape index (κ3) is 6.93. The average molecular weight is 430 g/mol. The second-order valence-electron chi connectivity index (χ2n) is 9.21. The number of carbonyl (C=O) groups is 1. The summed E-state index contributed by atoms with van der Waals surface area (Å²) >= 11 is 0. The van der Waals surface area contributed by atoms with E-state index in [1.54, 1.807) is 12.3 Å². The van der Waals surface area contributed by atoms with Gasteiger partial charge in [0.15, 0.2) is 8.32 Å². The molecule has 0 saturated carbocycles. The zero-order chi connectivity index (χ0) is 22.4. The molecule has 30 heavy (non-hydrogen) atoms. The maximum atomic E-state index is 12.2. The van der Waals surface area contributed by atoms with E-state index in [0.717, 1.165) is 11.3 Å². The molecular formula is C23H35N3O3Si. The summed E-state index contributed by atoms with van der Waals surface area (Å²) < 4.78 is 11.7. The average Bonchev–Trinajstić information content (AvgIpc) is 2.66. The molecule has 0 aliphatic heterocycles. The van der Waals surface area contributed by atoms with E-state index in [-0.39, 0.29) is 17.7 Å². The minimum atomic E-state index is -1.87. The van der Waals surface area contributed by atoms with Gasteiger partial charge in [-0.1, -0.05) is 51.1 Å². The highest BCUT2D eigenvalue weighted by molar-refractivity contribution is 6.74. The molecule has 1 aromatic carbocycles. The maximum Gasteiger partial charge on any atom is 0.411 e. The van der Waals surface area contributed by atoms with E-state index in [4.69, 9.17) is 9.16 Å². The van der Waals surface area contributed by atoms with Crippen molar-refractivity contribution in [2.75, 3.05) is 26.0 Å². The van der Waals surface area contributed by atoms with Gasteiger partial charge in [-0.15, -0.1) is 0 Å². The van der Waals surface area contributed by atoms with Gasteiger partial charge < -0.3 is 9.16 Å². The third-order valence-corrected chi connectivity index (χ3v) is 10.1. The normalized spacial score (nSPS) is 13.2. The SMILES string of the molecule is CN(C)C(CO[Si](C)(C)C(C)(C)C)c1cc(NC(=O)OCc2ccccc2)ccn1. The molecule has 1 atom stereocenters. The van der Waals surface area contributed by atoms with E-state index in [9.17, 15) is 4.79 Å². The lowest BCUT2D eigenvalue weighted by Crippen LogP contribution is -2.43. The zero-order valence-corrected chi connectivity index (χ0v) is 20.2. The fourth-order valence-corrected chi connectivity index (χ4v) is 3.60. The predicted octanol–water partition coefficient (Wildman–Crippen LogP) is 5.45. The van der Waals surface area contributed by atoms with E-state index in [1.807, 2.05) is 50.5 Å². The Morgan fingerprint density at radius 2 is 1.83 bits per heavy atom. The number of nitrogens with zero attached hydrogens (tertiary/aromatic N) is 2. The van der Waals surface area contributed by atoms with Crippen LogP contribution in [0.15, 0.2) is 48.7 Å². The molecule has 164 valence electrons. The molecule has 1 unspecified atom stereocenters. The Hall–Kier alpha value is -2.22. The van der Waals surface area contributed by atoms with E-state index in [0.29, 0.717) is 12.3 Å². The Balaban J connectivity index is 2.02. The number of ether oxygens (including phenoxy) is 1. The first-order chi connectivity index (χ1) is 14.0. The first kappa shape index (κ1) is 24.1. The summed E-state index contributed by atoms with van der Waals surface area (Å²) in [6.45, 7) is 12.0. The van der Waals surface area contributed by atoms with Gasteiger partial charge in [-0.3, -0.25) is 15.2 Å². The van der Waals surface area contributed by atoms with Crippen LogP contribution >= 0.6 is 0 Å². The lowest BCUT2D eigenvalue weighted by molar-refractivity contribution is 0.155. The fraction of sp³-hybridized carbons (Fsp3) is 0.478. The molecule has 2 rings (SSSR count). The number of nitrogens with one attached hydrogen (secondary N) is 1. The van der Waals surface area contributed by atoms with Gasteiger partial charge in [0, 0.05) is 11.9 Å². The highest BCUT2D eigenvalue weighted by Crippen LogP contribution is 2.37. The van der Waals surface area contributed by atoms with Crippen molar-refractivity contribution < 1.29 is 14.0 Å². The van der Waals surface area contributed by atoms with Crippen LogP contribution in [0, 0.1) is 0 Å². The van der Waals surface area contributed by atoms with Crippen LogP contribution in [0.2, 0.25) is 18.1 Å². The van der Waals surface area contributed by atoms with Crippen LogP contribution in [-0.2, 0) is 15.8 Å². The molecule has 0 saturated heterocycles. The Kier molecular flexibility index (Phi) is 8.17. The molecule has 1 amide bonds. The quantitative estimate of drug-likeness (QED) is 0.565. The standard InChI is InChI=1S/C23H35N3O3Si/c1-23(2,3)30(6,7)29-17-21(26(4)5)20-15-19(13-14-24-20)25-22(27)28-16-18-11-9-8-10-12-18/h8-15,21H,16-17H2,1-7H3,(H,24,25,27). The van der Waals surface area contributed by atoms with Crippen molar-refractivity contribution in [2.45, 2.75) is 51.6 Å². The molecule has 0 bridgehead atoms. The second-order valence-corrected chi connectivity index (χ2v) is 14.0. The summed E-state index contributed by atoms with van der Waals surface area (Å²) in [4.78, 5) is 18.8. The summed E-state index contributed by atoms with van der Waals surface area (Å²) in [6, 6.07) is 13.2. The van der Waals surface area contributed by atoms with Crippen molar-refractivity contribution >= 4 is 20.1 Å². The first-order valence-corrected chi connectivity index (χ1v) is 13.1. The van der Waals surface area contributed by atoms with Gasteiger partial charge >= 0.3 is 6.09 Å². The van der Waals surface area contributed by atoms with Gasteiger partial charge in [0.1, 0.15) is 6.61 Å². The summed E-state index contributed by atoms with van der Waals surface area (Å²) in [5.41, 5.74) is 2.44. The predicted molar refractivity (Wildman–Crippen MR) is 124 cm³/mol. The summed E-state index contributed by atoms with van der Waals surface area (Å²) in [5.74, 6) is 0. The number of hydrogen-bond donors (Lipinski definition) is 1. The van der Waals surface area contributed by atoms with Crippen LogP contribution in [0.5, 0.6) is 0 Å². The molecule has 0 aliphatic carbocycles. The number of pyridine rings is 1. The molecule has 2 aromatic rings. The van der Waals surface area contributed by atoms with E-state index in [1.165, 1.54) is 0 Å². The maximum absolute atomic E-state index is 12.2. The van der Waals surface area contributed by atoms with Crippen LogP contribution in [-0.4, -0.2) is 45.0 Å². The molecular weight excluding hydrogens is 394 g/mol. The summed E-state index contributed by atoms with van der Waals surface area (Å²) in [5, 5.41) is 2.93. The van der Waals surface area contributed by atoms with Crippen molar-refractivity contribution in [3.63, 3.8) is 0 Å². The minimum Gasteiger partial charge on any atom is -0.444 e. The molecule has 1 heterocycles. The monoisotopic (exact) mass is 429 g/mol. The number of amides is 1. The number of hydrogen-bond acceptors (Lipinski definition) is 5. The summed E-state index contributed by atoms with van der Waals surface area (Å²) in [7, 11) is 2.15. The highest BCUT2D eigenvalue weighted by Gasteiger charge is 2.38. The van der Waals surface area contributed by atoms with Gasteiger partial charge in [0.05, 0.1) is 18.3 Å². The van der Waals surface area contributed by atoms with Crippen LogP contribution in [0.4, 0.5) is 10.5 Å². The molecule has 1 N–H and O–H groups in total. The summed E-state index contributed by atoms with van der Waals surface area (Å²) in [6.07, 6.45) is 1.21. The van der Waals surface area contributed by atoms with Gasteiger partial charge in [-0.25, -0.2) is 4.79 Å². The Morgan fingerprint density at radius 3 is 2.43 bits per heavy atom. The zero-order valence-electron chi connectivity index (χ0n) is 19.2. The Bertz CT molecular complexity index is 820. The highest BCUT2D eigenvalue weighted by atomic mass is 28.4. The fourth-order valence-electron chi connectivity index (χ4n) is 2.59. The molecule has 0 fully saturated rings. The molecule has 1 aromatic heterocycles. The molecule has 6 nitrogen and oxygen atoms in total. The molecule has 0 spiro atoms. The second kappa shape index (κ2) is 10.2. The topological polar surface area (TPSA) is 63.7 Å². The van der Waals surface area contributed by atoms with Crippen LogP contribution in [0.3, 0.4) is 0 Å². The third-order valence-electron chi connectivity index (χ3n) is 5.61. The Labute approximate surface area is 181 Å². The van der Waals surface area contributed by atoms with E-state index < -0.39 is 14.4 Å². The number of rotatable bonds is 8. The Morgan fingerprint density at radius 1 is 1.17 bits per heavy atom. The molecule has 7 heteroatoms. The first-order valence-electron chi connectivity index (χ1n) is 10.2. The van der Waals surface area contributed by atoms with Crippen molar-refractivity contribution in [3.8, 4) is 0 Å². The largest absolute Gasteiger partial charge is 0.444 e. The van der Waals surface area contributed by atoms with Crippen LogP contribution in [0.25, 0.3) is 0 Å². The van der Waals surface area contributed by atoms with Gasteiger partial charge in [-0.2, -0.15) is 0 Å². The molecule has 0 aliphatic rings. The van der Waals surface area contributed by atoms with Gasteiger partial charge in [0.2, 0.25) is 0 Å². The number of carbonyl (C=O) groups excluding carboxylic acids is 1. The lowest BCUT2D eigenvalue weighted by atomic mass is 10.1. The lowest BCUT2D eigenvalue weighted by Gasteiger charge is -2.38. The number of benzene rings is 1. The number of likely N-dealkylation sites (N-methyl/N-ethyl adjacent to an activating group) is 1. The smallest absolute Gasteiger partial charge is 0.411 e. The van der Waals surface area contributed by atoms with Crippen LogP contribution < -0.4 is 5.32 Å². The van der Waals surface area contributed by atoms with Crippen molar-refractivity contribution in [2.24, 2.45) is 0 Å². The van der Waals surface area contributed by atoms with Crippen molar-refractivity contribution in [1.29, 1.82) is 0 Å². The van der Waals surface area contributed by atoms with E-state index >= 15 is 0 Å². The van der Waals surface area contributed by atoms with Crippen molar-refractivity contribution in [3.05, 3.63) is 59.9 Å². The van der Waals surface area contributed by atoms with Crippen LogP contribution in [0.1, 0.15) is 38.1 Å². The van der Waals surface area contributed by atoms with Gasteiger partial charge in [-0.05, 0) is 49.9 Å². The number of anilines is 1.